The Bertz CT molecular complexity index is 987. The molecular weight excluding hydrogens is 322 g/mol. The largest absolute Gasteiger partial charge is 0.454 e. The summed E-state index contributed by atoms with van der Waals surface area (Å²) < 4.78 is 10.7. The predicted octanol–water partition coefficient (Wildman–Crippen LogP) is 3.79. The second-order valence-electron chi connectivity index (χ2n) is 5.81. The minimum atomic E-state index is -0.402. The lowest BCUT2D eigenvalue weighted by atomic mass is 10.1. The molecule has 126 valence electrons. The summed E-state index contributed by atoms with van der Waals surface area (Å²) in [5.41, 5.74) is 3.44. The van der Waals surface area contributed by atoms with E-state index in [4.69, 9.17) is 9.47 Å². The van der Waals surface area contributed by atoms with Crippen molar-refractivity contribution in [1.29, 1.82) is 0 Å². The van der Waals surface area contributed by atoms with Gasteiger partial charge in [-0.1, -0.05) is 6.07 Å². The Morgan fingerprint density at radius 3 is 2.84 bits per heavy atom. The maximum atomic E-state index is 11.0. The molecular formula is C18H15N3O4. The molecule has 7 nitrogen and oxygen atoms in total. The number of hydrogen-bond donors (Lipinski definition) is 1. The summed E-state index contributed by atoms with van der Waals surface area (Å²) in [5.74, 6) is 1.47. The fourth-order valence-corrected chi connectivity index (χ4v) is 2.85. The molecule has 0 spiro atoms. The zero-order chi connectivity index (χ0) is 17.4. The van der Waals surface area contributed by atoms with Crippen LogP contribution in [0, 0.1) is 17.0 Å². The van der Waals surface area contributed by atoms with Gasteiger partial charge >= 0.3 is 0 Å². The van der Waals surface area contributed by atoms with Gasteiger partial charge in [0, 0.05) is 35.4 Å². The fraction of sp³-hybridized carbons (Fsp3) is 0.167. The molecule has 0 saturated heterocycles. The maximum absolute atomic E-state index is 11.0. The summed E-state index contributed by atoms with van der Waals surface area (Å²) in [4.78, 5) is 15.1. The highest BCUT2D eigenvalue weighted by Crippen LogP contribution is 2.33. The smallest absolute Gasteiger partial charge is 0.270 e. The van der Waals surface area contributed by atoms with E-state index in [1.807, 2.05) is 31.2 Å². The molecule has 0 radical (unpaired) electrons. The van der Waals surface area contributed by atoms with Crippen LogP contribution in [0.3, 0.4) is 0 Å². The number of fused-ring (bicyclic) bond motifs is 2. The number of non-ortho nitro benzene ring substituents is 1. The second kappa shape index (κ2) is 5.94. The Morgan fingerprint density at radius 2 is 2.00 bits per heavy atom. The monoisotopic (exact) mass is 337 g/mol. The van der Waals surface area contributed by atoms with Crippen LogP contribution in [-0.2, 0) is 6.54 Å². The number of ether oxygens (including phenoxy) is 2. The number of hydrogen-bond acceptors (Lipinski definition) is 6. The van der Waals surface area contributed by atoms with E-state index >= 15 is 0 Å². The van der Waals surface area contributed by atoms with Crippen LogP contribution in [0.15, 0.2) is 42.5 Å². The van der Waals surface area contributed by atoms with E-state index in [2.05, 4.69) is 10.3 Å². The molecule has 25 heavy (non-hydrogen) atoms. The lowest BCUT2D eigenvalue weighted by molar-refractivity contribution is -0.384. The lowest BCUT2D eigenvalue weighted by Gasteiger charge is -2.11. The number of nitrogens with zero attached hydrogens (tertiary/aromatic N) is 2. The molecule has 1 N–H and O–H groups in total. The highest BCUT2D eigenvalue weighted by molar-refractivity contribution is 5.93. The third-order valence-electron chi connectivity index (χ3n) is 4.05. The molecule has 0 amide bonds. The first kappa shape index (κ1) is 15.2. The molecule has 7 heteroatoms. The standard InChI is InChI=1S/C18H15N3O4/c1-11-6-16(14-8-13(21(22)23)3-4-15(14)20-11)19-9-12-2-5-17-18(7-12)25-10-24-17/h2-8H,9-10H2,1H3,(H,19,20). The SMILES string of the molecule is Cc1cc(NCc2ccc3c(c2)OCO3)c2cc([N+](=O)[O-])ccc2n1. The van der Waals surface area contributed by atoms with Gasteiger partial charge in [0.05, 0.1) is 10.4 Å². The number of aryl methyl sites for hydroxylation is 1. The average molecular weight is 337 g/mol. The van der Waals surface area contributed by atoms with E-state index in [1.54, 1.807) is 12.1 Å². The average Bonchev–Trinajstić information content (AvgIpc) is 3.06. The van der Waals surface area contributed by atoms with Crippen LogP contribution in [-0.4, -0.2) is 16.7 Å². The number of anilines is 1. The van der Waals surface area contributed by atoms with Crippen LogP contribution in [0.2, 0.25) is 0 Å². The first-order valence-corrected chi connectivity index (χ1v) is 7.78. The predicted molar refractivity (Wildman–Crippen MR) is 93.0 cm³/mol. The number of pyridine rings is 1. The van der Waals surface area contributed by atoms with Gasteiger partial charge in [-0.15, -0.1) is 0 Å². The third-order valence-corrected chi connectivity index (χ3v) is 4.05. The van der Waals surface area contributed by atoms with E-state index in [1.165, 1.54) is 6.07 Å². The van der Waals surface area contributed by atoms with Gasteiger partial charge in [-0.3, -0.25) is 15.1 Å². The zero-order valence-corrected chi connectivity index (χ0v) is 13.5. The van der Waals surface area contributed by atoms with Crippen LogP contribution in [0.5, 0.6) is 11.5 Å². The topological polar surface area (TPSA) is 86.5 Å². The summed E-state index contributed by atoms with van der Waals surface area (Å²) >= 11 is 0. The molecule has 0 unspecified atom stereocenters. The van der Waals surface area contributed by atoms with Gasteiger partial charge in [-0.05, 0) is 36.8 Å². The number of nitro benzene ring substituents is 1. The Hall–Kier alpha value is -3.35. The fourth-order valence-electron chi connectivity index (χ4n) is 2.85. The Labute approximate surface area is 143 Å². The molecule has 1 aromatic heterocycles. The van der Waals surface area contributed by atoms with Crippen molar-refractivity contribution in [2.24, 2.45) is 0 Å². The third kappa shape index (κ3) is 2.91. The quantitative estimate of drug-likeness (QED) is 0.576. The summed E-state index contributed by atoms with van der Waals surface area (Å²) in [6.07, 6.45) is 0. The number of benzene rings is 2. The van der Waals surface area contributed by atoms with Crippen molar-refractivity contribution in [3.63, 3.8) is 0 Å². The van der Waals surface area contributed by atoms with Crippen LogP contribution in [0.1, 0.15) is 11.3 Å². The van der Waals surface area contributed by atoms with Crippen molar-refractivity contribution in [2.45, 2.75) is 13.5 Å². The lowest BCUT2D eigenvalue weighted by Crippen LogP contribution is -2.02. The van der Waals surface area contributed by atoms with Crippen molar-refractivity contribution in [1.82, 2.24) is 4.98 Å². The van der Waals surface area contributed by atoms with Crippen LogP contribution < -0.4 is 14.8 Å². The molecule has 0 bridgehead atoms. The second-order valence-corrected chi connectivity index (χ2v) is 5.81. The Morgan fingerprint density at radius 1 is 1.16 bits per heavy atom. The first-order chi connectivity index (χ1) is 12.1. The molecule has 2 heterocycles. The van der Waals surface area contributed by atoms with Crippen molar-refractivity contribution >= 4 is 22.3 Å². The molecule has 0 saturated carbocycles. The molecule has 0 aliphatic carbocycles. The molecule has 0 atom stereocenters. The van der Waals surface area contributed by atoms with E-state index in [0.717, 1.165) is 39.3 Å². The molecule has 1 aliphatic heterocycles. The maximum Gasteiger partial charge on any atom is 0.270 e. The van der Waals surface area contributed by atoms with Gasteiger partial charge in [0.15, 0.2) is 11.5 Å². The van der Waals surface area contributed by atoms with Crippen molar-refractivity contribution in [3.8, 4) is 11.5 Å². The molecule has 1 aliphatic rings. The van der Waals surface area contributed by atoms with Gasteiger partial charge in [0.1, 0.15) is 0 Å². The van der Waals surface area contributed by atoms with Crippen molar-refractivity contribution in [2.75, 3.05) is 12.1 Å². The van der Waals surface area contributed by atoms with Gasteiger partial charge in [-0.25, -0.2) is 0 Å². The normalized spacial score (nSPS) is 12.4. The molecule has 3 aromatic rings. The van der Waals surface area contributed by atoms with Crippen LogP contribution >= 0.6 is 0 Å². The van der Waals surface area contributed by atoms with E-state index in [0.29, 0.717) is 6.54 Å². The first-order valence-electron chi connectivity index (χ1n) is 7.78. The summed E-state index contributed by atoms with van der Waals surface area (Å²) in [6.45, 7) is 2.69. The summed E-state index contributed by atoms with van der Waals surface area (Å²) in [7, 11) is 0. The number of aromatic nitrogens is 1. The van der Waals surface area contributed by atoms with Crippen molar-refractivity contribution < 1.29 is 14.4 Å². The molecule has 4 rings (SSSR count). The van der Waals surface area contributed by atoms with E-state index in [-0.39, 0.29) is 12.5 Å². The summed E-state index contributed by atoms with van der Waals surface area (Å²) in [6, 6.07) is 12.3. The highest BCUT2D eigenvalue weighted by atomic mass is 16.7. The zero-order valence-electron chi connectivity index (χ0n) is 13.5. The Balaban J connectivity index is 1.66. The number of nitrogens with one attached hydrogen (secondary N) is 1. The van der Waals surface area contributed by atoms with Gasteiger partial charge in [0.2, 0.25) is 6.79 Å². The minimum absolute atomic E-state index is 0.0456. The number of nitro groups is 1. The van der Waals surface area contributed by atoms with Crippen LogP contribution in [0.4, 0.5) is 11.4 Å². The van der Waals surface area contributed by atoms with E-state index < -0.39 is 4.92 Å². The van der Waals surface area contributed by atoms with E-state index in [9.17, 15) is 10.1 Å². The van der Waals surface area contributed by atoms with Gasteiger partial charge in [-0.2, -0.15) is 0 Å². The Kier molecular flexibility index (Phi) is 3.61. The minimum Gasteiger partial charge on any atom is -0.454 e. The van der Waals surface area contributed by atoms with Crippen LogP contribution in [0.25, 0.3) is 10.9 Å². The number of rotatable bonds is 4. The molecule has 0 fully saturated rings. The summed E-state index contributed by atoms with van der Waals surface area (Å²) in [5, 5.41) is 15.1. The highest BCUT2D eigenvalue weighted by Gasteiger charge is 2.14. The van der Waals surface area contributed by atoms with Gasteiger partial charge in [0.25, 0.3) is 5.69 Å². The van der Waals surface area contributed by atoms with Crippen molar-refractivity contribution in [3.05, 3.63) is 63.8 Å². The molecule has 2 aromatic carbocycles. The van der Waals surface area contributed by atoms with Gasteiger partial charge < -0.3 is 14.8 Å².